The summed E-state index contributed by atoms with van der Waals surface area (Å²) in [7, 11) is 2.11. The lowest BCUT2D eigenvalue weighted by Crippen LogP contribution is -2.36. The van der Waals surface area contributed by atoms with E-state index in [0.717, 1.165) is 19.5 Å². The molecule has 0 bridgehead atoms. The second-order valence-corrected chi connectivity index (χ2v) is 3.51. The summed E-state index contributed by atoms with van der Waals surface area (Å²) < 4.78 is 0. The molecule has 0 fully saturated rings. The average molecular weight is 181 g/mol. The largest absolute Gasteiger partial charge is 0.365 e. The summed E-state index contributed by atoms with van der Waals surface area (Å²) in [6.07, 6.45) is 3.02. The van der Waals surface area contributed by atoms with Gasteiger partial charge in [-0.2, -0.15) is 0 Å². The van der Waals surface area contributed by atoms with E-state index in [2.05, 4.69) is 29.9 Å². The first-order valence-electron chi connectivity index (χ1n) is 4.76. The zero-order valence-electron chi connectivity index (χ0n) is 8.46. The second-order valence-electron chi connectivity index (χ2n) is 3.51. The number of nitrogens with one attached hydrogen (secondary N) is 1. The van der Waals surface area contributed by atoms with Crippen LogP contribution in [0.4, 0.5) is 0 Å². The van der Waals surface area contributed by atoms with E-state index in [4.69, 9.17) is 5.73 Å². The minimum Gasteiger partial charge on any atom is -0.365 e. The molecule has 13 heavy (non-hydrogen) atoms. The Morgan fingerprint density at radius 3 is 2.92 bits per heavy atom. The van der Waals surface area contributed by atoms with Crippen LogP contribution in [0, 0.1) is 0 Å². The molecule has 0 saturated carbocycles. The smallest absolute Gasteiger partial charge is 0.0187 e. The molecule has 1 heterocycles. The Labute approximate surface area is 79.9 Å². The van der Waals surface area contributed by atoms with Gasteiger partial charge in [-0.1, -0.05) is 0 Å². The number of aromatic nitrogens is 1. The molecule has 1 atom stereocenters. The third-order valence-electron chi connectivity index (χ3n) is 2.49. The molecule has 3 N–H and O–H groups in total. The van der Waals surface area contributed by atoms with E-state index in [0.29, 0.717) is 6.04 Å². The Morgan fingerprint density at radius 2 is 2.38 bits per heavy atom. The fraction of sp³-hybridized carbons (Fsp3) is 0.600. The Bertz CT molecular complexity index is 218. The molecule has 3 heteroatoms. The third kappa shape index (κ3) is 3.20. The highest BCUT2D eigenvalue weighted by molar-refractivity contribution is 5.03. The van der Waals surface area contributed by atoms with E-state index in [1.54, 1.807) is 0 Å². The molecule has 0 aliphatic carbocycles. The predicted molar refractivity (Wildman–Crippen MR) is 55.6 cm³/mol. The number of likely N-dealkylation sites (N-methyl/N-ethyl adjacent to an activating group) is 1. The van der Waals surface area contributed by atoms with Crippen molar-refractivity contribution in [2.45, 2.75) is 19.4 Å². The molecule has 1 aromatic heterocycles. The summed E-state index contributed by atoms with van der Waals surface area (Å²) in [5.74, 6) is 0. The Balaban J connectivity index is 2.26. The van der Waals surface area contributed by atoms with Crippen molar-refractivity contribution < 1.29 is 0 Å². The molecule has 0 aromatic carbocycles. The van der Waals surface area contributed by atoms with Crippen LogP contribution in [0.3, 0.4) is 0 Å². The molecule has 1 rings (SSSR count). The van der Waals surface area contributed by atoms with Gasteiger partial charge >= 0.3 is 0 Å². The van der Waals surface area contributed by atoms with E-state index in [1.807, 2.05) is 12.3 Å². The molecule has 3 nitrogen and oxygen atoms in total. The summed E-state index contributed by atoms with van der Waals surface area (Å²) in [5.41, 5.74) is 6.86. The van der Waals surface area contributed by atoms with Crippen molar-refractivity contribution in [3.63, 3.8) is 0 Å². The zero-order chi connectivity index (χ0) is 9.68. The highest BCUT2D eigenvalue weighted by atomic mass is 15.1. The van der Waals surface area contributed by atoms with Crippen LogP contribution in [-0.2, 0) is 6.42 Å². The fourth-order valence-corrected chi connectivity index (χ4v) is 1.22. The first-order chi connectivity index (χ1) is 6.24. The lowest BCUT2D eigenvalue weighted by atomic mass is 10.2. The number of nitrogens with zero attached hydrogens (tertiary/aromatic N) is 1. The maximum atomic E-state index is 5.57. The van der Waals surface area contributed by atoms with Crippen LogP contribution in [0.15, 0.2) is 18.3 Å². The maximum absolute atomic E-state index is 5.57. The number of rotatable bonds is 5. The van der Waals surface area contributed by atoms with Crippen molar-refractivity contribution >= 4 is 0 Å². The molecular weight excluding hydrogens is 162 g/mol. The van der Waals surface area contributed by atoms with Crippen molar-refractivity contribution in [3.8, 4) is 0 Å². The molecule has 0 amide bonds. The first-order valence-corrected chi connectivity index (χ1v) is 4.76. The Morgan fingerprint density at radius 1 is 1.62 bits per heavy atom. The van der Waals surface area contributed by atoms with Crippen LogP contribution >= 0.6 is 0 Å². The van der Waals surface area contributed by atoms with Gasteiger partial charge in [0.2, 0.25) is 0 Å². The molecule has 0 radical (unpaired) electrons. The van der Waals surface area contributed by atoms with Crippen LogP contribution < -0.4 is 5.73 Å². The Hall–Kier alpha value is -0.800. The highest BCUT2D eigenvalue weighted by Gasteiger charge is 2.06. The summed E-state index contributed by atoms with van der Waals surface area (Å²) in [6, 6.07) is 4.61. The minimum atomic E-state index is 0.468. The van der Waals surface area contributed by atoms with E-state index in [-0.39, 0.29) is 0 Å². The summed E-state index contributed by atoms with van der Waals surface area (Å²) in [6.45, 7) is 3.93. The minimum absolute atomic E-state index is 0.468. The van der Waals surface area contributed by atoms with Crippen molar-refractivity contribution in [1.29, 1.82) is 0 Å². The van der Waals surface area contributed by atoms with Gasteiger partial charge in [0.05, 0.1) is 0 Å². The summed E-state index contributed by atoms with van der Waals surface area (Å²) in [4.78, 5) is 5.47. The molecular formula is C10H19N3. The van der Waals surface area contributed by atoms with Crippen LogP contribution in [0.2, 0.25) is 0 Å². The van der Waals surface area contributed by atoms with Crippen LogP contribution in [-0.4, -0.2) is 36.1 Å². The third-order valence-corrected chi connectivity index (χ3v) is 2.49. The Kier molecular flexibility index (Phi) is 3.99. The van der Waals surface area contributed by atoms with Gasteiger partial charge in [0.1, 0.15) is 0 Å². The second kappa shape index (κ2) is 5.04. The van der Waals surface area contributed by atoms with Crippen molar-refractivity contribution in [1.82, 2.24) is 9.88 Å². The molecule has 1 aromatic rings. The topological polar surface area (TPSA) is 45.0 Å². The van der Waals surface area contributed by atoms with Crippen LogP contribution in [0.5, 0.6) is 0 Å². The quantitative estimate of drug-likeness (QED) is 0.707. The van der Waals surface area contributed by atoms with Crippen LogP contribution in [0.1, 0.15) is 12.6 Å². The normalized spacial score (nSPS) is 13.5. The standard InChI is InChI=1S/C10H19N3/c1-9(8-11)13(2)7-5-10-4-3-6-12-10/h3-4,6,9,12H,5,7-8,11H2,1-2H3. The summed E-state index contributed by atoms with van der Waals surface area (Å²) >= 11 is 0. The van der Waals surface area contributed by atoms with E-state index in [9.17, 15) is 0 Å². The van der Waals surface area contributed by atoms with Gasteiger partial charge in [-0.25, -0.2) is 0 Å². The van der Waals surface area contributed by atoms with Crippen molar-refractivity contribution in [2.24, 2.45) is 5.73 Å². The lowest BCUT2D eigenvalue weighted by Gasteiger charge is -2.22. The van der Waals surface area contributed by atoms with Gasteiger partial charge in [0, 0.05) is 37.4 Å². The lowest BCUT2D eigenvalue weighted by molar-refractivity contribution is 0.265. The molecule has 0 aliphatic heterocycles. The van der Waals surface area contributed by atoms with Crippen LogP contribution in [0.25, 0.3) is 0 Å². The van der Waals surface area contributed by atoms with Gasteiger partial charge in [-0.05, 0) is 26.1 Å². The average Bonchev–Trinajstić information content (AvgIpc) is 2.65. The van der Waals surface area contributed by atoms with Gasteiger partial charge in [-0.3, -0.25) is 0 Å². The summed E-state index contributed by atoms with van der Waals surface area (Å²) in [5, 5.41) is 0. The zero-order valence-corrected chi connectivity index (χ0v) is 8.46. The molecule has 0 aliphatic rings. The van der Waals surface area contributed by atoms with Gasteiger partial charge in [-0.15, -0.1) is 0 Å². The number of H-pyrrole nitrogens is 1. The molecule has 1 unspecified atom stereocenters. The number of hydrogen-bond donors (Lipinski definition) is 2. The number of aromatic amines is 1. The van der Waals surface area contributed by atoms with E-state index in [1.165, 1.54) is 5.69 Å². The first kappa shape index (κ1) is 10.3. The SMILES string of the molecule is CC(CN)N(C)CCc1ccc[nH]1. The predicted octanol–water partition coefficient (Wildman–Crippen LogP) is 0.836. The fourth-order valence-electron chi connectivity index (χ4n) is 1.22. The maximum Gasteiger partial charge on any atom is 0.0187 e. The van der Waals surface area contributed by atoms with Gasteiger partial charge in [0.15, 0.2) is 0 Å². The highest BCUT2D eigenvalue weighted by Crippen LogP contribution is 1.99. The number of nitrogens with two attached hydrogens (primary N) is 1. The number of hydrogen-bond acceptors (Lipinski definition) is 2. The molecule has 74 valence electrons. The van der Waals surface area contributed by atoms with Gasteiger partial charge < -0.3 is 15.6 Å². The molecule has 0 spiro atoms. The monoisotopic (exact) mass is 181 g/mol. The van der Waals surface area contributed by atoms with Crippen molar-refractivity contribution in [3.05, 3.63) is 24.0 Å². The van der Waals surface area contributed by atoms with E-state index < -0.39 is 0 Å². The van der Waals surface area contributed by atoms with E-state index >= 15 is 0 Å². The molecule has 0 saturated heterocycles. The van der Waals surface area contributed by atoms with Crippen molar-refractivity contribution in [2.75, 3.05) is 20.1 Å². The van der Waals surface area contributed by atoms with Gasteiger partial charge in [0.25, 0.3) is 0 Å².